The van der Waals surface area contributed by atoms with Crippen molar-refractivity contribution in [2.75, 3.05) is 0 Å². The minimum atomic E-state index is -0.510. The van der Waals surface area contributed by atoms with Gasteiger partial charge in [-0.05, 0) is 74.8 Å². The molecule has 0 atom stereocenters. The number of rotatable bonds is 5. The van der Waals surface area contributed by atoms with Gasteiger partial charge in [-0.25, -0.2) is 9.97 Å². The number of aromatic nitrogens is 2. The molecule has 0 N–H and O–H groups in total. The van der Waals surface area contributed by atoms with Crippen LogP contribution in [0.3, 0.4) is 0 Å². The average molecular weight is 705 g/mol. The predicted octanol–water partition coefficient (Wildman–Crippen LogP) is 12.9. The van der Waals surface area contributed by atoms with Crippen LogP contribution in [0.4, 0.5) is 0 Å². The summed E-state index contributed by atoms with van der Waals surface area (Å²) >= 11 is 0. The Labute approximate surface area is 319 Å². The summed E-state index contributed by atoms with van der Waals surface area (Å²) in [6.45, 7) is 0. The van der Waals surface area contributed by atoms with Crippen LogP contribution in [-0.2, 0) is 5.41 Å². The van der Waals surface area contributed by atoms with Gasteiger partial charge in [-0.2, -0.15) is 0 Å². The predicted molar refractivity (Wildman–Crippen MR) is 220 cm³/mol. The fourth-order valence-electron chi connectivity index (χ4n) is 8.53. The largest absolute Gasteiger partial charge is 0.450 e. The third-order valence-electron chi connectivity index (χ3n) is 11.0. The van der Waals surface area contributed by atoms with E-state index in [1.165, 1.54) is 27.8 Å². The zero-order valence-corrected chi connectivity index (χ0v) is 29.7. The molecule has 0 bridgehead atoms. The van der Waals surface area contributed by atoms with Gasteiger partial charge in [0.2, 0.25) is 0 Å². The maximum atomic E-state index is 6.71. The molecule has 258 valence electrons. The highest BCUT2D eigenvalue weighted by Gasteiger charge is 2.47. The molecule has 0 spiro atoms. The van der Waals surface area contributed by atoms with E-state index in [2.05, 4.69) is 140 Å². The van der Waals surface area contributed by atoms with Gasteiger partial charge in [-0.15, -0.1) is 0 Å². The molecule has 9 aromatic rings. The van der Waals surface area contributed by atoms with E-state index < -0.39 is 5.41 Å². The number of hydrogen-bond acceptors (Lipinski definition) is 4. The van der Waals surface area contributed by atoms with Gasteiger partial charge in [0.25, 0.3) is 0 Å². The van der Waals surface area contributed by atoms with Crippen LogP contribution in [0.1, 0.15) is 22.3 Å². The SMILES string of the molecule is c1ccc(-c2nc(-c3ccc(-c4ccc5c(c4)Oc4cc6c(cc4O5)C(c4ccccc4)(c4ccccc4)c4ccccc4-6)cc3)c3ccccc3n2)cc1. The van der Waals surface area contributed by atoms with Crippen LogP contribution < -0.4 is 9.47 Å². The molecule has 0 fully saturated rings. The Morgan fingerprint density at radius 3 is 1.71 bits per heavy atom. The zero-order chi connectivity index (χ0) is 36.3. The Kier molecular flexibility index (Phi) is 7.04. The highest BCUT2D eigenvalue weighted by Crippen LogP contribution is 2.59. The maximum absolute atomic E-state index is 6.71. The molecule has 4 nitrogen and oxygen atoms in total. The molecule has 1 aliphatic carbocycles. The maximum Gasteiger partial charge on any atom is 0.170 e. The van der Waals surface area contributed by atoms with Crippen LogP contribution in [0, 0.1) is 0 Å². The summed E-state index contributed by atoms with van der Waals surface area (Å²) in [4.78, 5) is 9.94. The summed E-state index contributed by atoms with van der Waals surface area (Å²) in [6, 6.07) is 67.7. The highest BCUT2D eigenvalue weighted by atomic mass is 16.6. The Morgan fingerprint density at radius 1 is 0.364 bits per heavy atom. The van der Waals surface area contributed by atoms with Gasteiger partial charge in [0.05, 0.1) is 16.6 Å². The first-order valence-corrected chi connectivity index (χ1v) is 18.6. The van der Waals surface area contributed by atoms with E-state index >= 15 is 0 Å². The van der Waals surface area contributed by atoms with Gasteiger partial charge >= 0.3 is 0 Å². The summed E-state index contributed by atoms with van der Waals surface area (Å²) in [5.74, 6) is 3.50. The van der Waals surface area contributed by atoms with Crippen molar-refractivity contribution in [2.45, 2.75) is 5.41 Å². The average Bonchev–Trinajstić information content (AvgIpc) is 3.55. The molecular weight excluding hydrogens is 673 g/mol. The van der Waals surface area contributed by atoms with Crippen LogP contribution in [0.25, 0.3) is 55.8 Å². The van der Waals surface area contributed by atoms with Crippen molar-refractivity contribution >= 4 is 10.9 Å². The van der Waals surface area contributed by atoms with Crippen LogP contribution >= 0.6 is 0 Å². The standard InChI is InChI=1S/C51H32N2O2/c1-4-14-35(15-5-1)50-52-44-23-13-11-21-40(44)49(53-50)34-26-24-33(25-27-34)36-28-29-45-46(30-36)55-47-31-41-39-20-10-12-22-42(39)51(37-16-6-2-7-17-37,38-18-8-3-9-19-38)43(41)32-48(47)54-45/h1-32H. The fourth-order valence-corrected chi connectivity index (χ4v) is 8.53. The molecule has 0 saturated heterocycles. The first kappa shape index (κ1) is 31.2. The monoisotopic (exact) mass is 704 g/mol. The van der Waals surface area contributed by atoms with Gasteiger partial charge in [0.1, 0.15) is 0 Å². The molecule has 0 amide bonds. The van der Waals surface area contributed by atoms with Crippen molar-refractivity contribution in [2.24, 2.45) is 0 Å². The number of fused-ring (bicyclic) bond motifs is 6. The van der Waals surface area contributed by atoms with E-state index in [0.717, 1.165) is 44.4 Å². The first-order valence-electron chi connectivity index (χ1n) is 18.6. The summed E-state index contributed by atoms with van der Waals surface area (Å²) in [5.41, 5.74) is 12.6. The first-order chi connectivity index (χ1) is 27.2. The lowest BCUT2D eigenvalue weighted by Gasteiger charge is -2.34. The lowest BCUT2D eigenvalue weighted by atomic mass is 9.67. The fraction of sp³-hybridized carbons (Fsp3) is 0.0196. The van der Waals surface area contributed by atoms with E-state index in [4.69, 9.17) is 19.4 Å². The van der Waals surface area contributed by atoms with Crippen LogP contribution in [0.5, 0.6) is 23.0 Å². The second kappa shape index (κ2) is 12.4. The minimum Gasteiger partial charge on any atom is -0.450 e. The van der Waals surface area contributed by atoms with Crippen molar-refractivity contribution in [3.63, 3.8) is 0 Å². The Morgan fingerprint density at radius 2 is 0.945 bits per heavy atom. The Hall–Kier alpha value is -7.30. The van der Waals surface area contributed by atoms with Gasteiger partial charge in [-0.3, -0.25) is 0 Å². The molecule has 1 aliphatic heterocycles. The molecule has 11 rings (SSSR count). The van der Waals surface area contributed by atoms with E-state index in [9.17, 15) is 0 Å². The second-order valence-electron chi connectivity index (χ2n) is 14.1. The van der Waals surface area contributed by atoms with Gasteiger partial charge in [-0.1, -0.05) is 164 Å². The second-order valence-corrected chi connectivity index (χ2v) is 14.1. The molecule has 2 heterocycles. The van der Waals surface area contributed by atoms with Gasteiger partial charge < -0.3 is 9.47 Å². The molecule has 0 saturated carbocycles. The molecule has 55 heavy (non-hydrogen) atoms. The third kappa shape index (κ3) is 4.92. The van der Waals surface area contributed by atoms with Gasteiger partial charge in [0, 0.05) is 16.5 Å². The van der Waals surface area contributed by atoms with Crippen LogP contribution in [0.2, 0.25) is 0 Å². The molecule has 0 radical (unpaired) electrons. The van der Waals surface area contributed by atoms with Crippen LogP contribution in [0.15, 0.2) is 194 Å². The van der Waals surface area contributed by atoms with E-state index in [1.54, 1.807) is 0 Å². The quantitative estimate of drug-likeness (QED) is 0.179. The Bertz CT molecular complexity index is 2870. The summed E-state index contributed by atoms with van der Waals surface area (Å²) in [7, 11) is 0. The number of nitrogens with zero attached hydrogens (tertiary/aromatic N) is 2. The number of ether oxygens (including phenoxy) is 2. The van der Waals surface area contributed by atoms with E-state index in [1.807, 2.05) is 54.6 Å². The van der Waals surface area contributed by atoms with Crippen molar-refractivity contribution in [1.29, 1.82) is 0 Å². The summed E-state index contributed by atoms with van der Waals surface area (Å²) in [6.07, 6.45) is 0. The summed E-state index contributed by atoms with van der Waals surface area (Å²) < 4.78 is 13.4. The third-order valence-corrected chi connectivity index (χ3v) is 11.0. The number of hydrogen-bond donors (Lipinski definition) is 0. The number of benzene rings is 8. The normalized spacial score (nSPS) is 13.2. The van der Waals surface area contributed by atoms with Crippen molar-refractivity contribution < 1.29 is 9.47 Å². The van der Waals surface area contributed by atoms with Gasteiger partial charge in [0.15, 0.2) is 28.8 Å². The molecular formula is C51H32N2O2. The highest BCUT2D eigenvalue weighted by molar-refractivity contribution is 5.94. The van der Waals surface area contributed by atoms with E-state index in [-0.39, 0.29) is 0 Å². The molecule has 4 heteroatoms. The van der Waals surface area contributed by atoms with Crippen molar-refractivity contribution in [3.8, 4) is 67.9 Å². The molecule has 2 aliphatic rings. The van der Waals surface area contributed by atoms with E-state index in [0.29, 0.717) is 28.8 Å². The smallest absolute Gasteiger partial charge is 0.170 e. The lowest BCUT2D eigenvalue weighted by Crippen LogP contribution is -2.28. The minimum absolute atomic E-state index is 0.510. The number of para-hydroxylation sites is 1. The van der Waals surface area contributed by atoms with Crippen molar-refractivity contribution in [1.82, 2.24) is 9.97 Å². The lowest BCUT2D eigenvalue weighted by molar-refractivity contribution is 0.359. The summed E-state index contributed by atoms with van der Waals surface area (Å²) in [5, 5.41) is 1.02. The molecule has 1 aromatic heterocycles. The van der Waals surface area contributed by atoms with Crippen molar-refractivity contribution in [3.05, 3.63) is 216 Å². The zero-order valence-electron chi connectivity index (χ0n) is 29.7. The topological polar surface area (TPSA) is 44.2 Å². The molecule has 0 unspecified atom stereocenters. The molecule has 8 aromatic carbocycles. The van der Waals surface area contributed by atoms with Crippen LogP contribution in [-0.4, -0.2) is 9.97 Å². The Balaban J connectivity index is 0.965.